The Balaban J connectivity index is 2.32. The van der Waals surface area contributed by atoms with Crippen LogP contribution >= 0.6 is 0 Å². The number of anilines is 1. The molecular weight excluding hydrogens is 359 g/mol. The molecule has 0 aliphatic heterocycles. The predicted octanol–water partition coefficient (Wildman–Crippen LogP) is 2.63. The van der Waals surface area contributed by atoms with E-state index in [0.29, 0.717) is 23.6 Å². The van der Waals surface area contributed by atoms with Crippen LogP contribution in [-0.2, 0) is 20.4 Å². The van der Waals surface area contributed by atoms with Crippen LogP contribution in [0.4, 0.5) is 10.1 Å². The summed E-state index contributed by atoms with van der Waals surface area (Å²) in [7, 11) is -3.72. The summed E-state index contributed by atoms with van der Waals surface area (Å²) in [6.45, 7) is 3.80. The number of halogens is 1. The molecule has 140 valence electrons. The average molecular weight is 380 g/mol. The first kappa shape index (κ1) is 19.9. The largest absolute Gasteiger partial charge is 0.494 e. The molecule has 1 amide bonds. The highest BCUT2D eigenvalue weighted by Crippen LogP contribution is 2.25. The molecule has 1 atom stereocenters. The number of rotatable bonds is 7. The lowest BCUT2D eigenvalue weighted by atomic mass is 9.92. The molecule has 0 fully saturated rings. The van der Waals surface area contributed by atoms with Gasteiger partial charge in [-0.2, -0.15) is 4.72 Å². The lowest BCUT2D eigenvalue weighted by molar-refractivity contribution is -0.121. The van der Waals surface area contributed by atoms with E-state index in [9.17, 15) is 17.6 Å². The van der Waals surface area contributed by atoms with Crippen LogP contribution in [0.3, 0.4) is 0 Å². The maximum absolute atomic E-state index is 13.2. The summed E-state index contributed by atoms with van der Waals surface area (Å²) in [4.78, 5) is 12.8. The number of hydrogen-bond donors (Lipinski definition) is 2. The van der Waals surface area contributed by atoms with Gasteiger partial charge in [0.15, 0.2) is 0 Å². The van der Waals surface area contributed by atoms with Crippen molar-refractivity contribution < 1.29 is 22.3 Å². The molecule has 1 unspecified atom stereocenters. The van der Waals surface area contributed by atoms with Gasteiger partial charge in [0.25, 0.3) is 0 Å². The molecule has 2 aromatic carbocycles. The molecule has 2 rings (SSSR count). The van der Waals surface area contributed by atoms with Gasteiger partial charge in [-0.3, -0.25) is 4.79 Å². The molecule has 0 heterocycles. The van der Waals surface area contributed by atoms with Gasteiger partial charge in [0.05, 0.1) is 12.9 Å². The molecule has 6 nitrogen and oxygen atoms in total. The van der Waals surface area contributed by atoms with Gasteiger partial charge in [0.2, 0.25) is 15.9 Å². The van der Waals surface area contributed by atoms with Crippen molar-refractivity contribution in [3.63, 3.8) is 0 Å². The minimum Gasteiger partial charge on any atom is -0.494 e. The third-order valence-corrected chi connectivity index (χ3v) is 4.47. The van der Waals surface area contributed by atoms with Crippen molar-refractivity contribution in [3.05, 3.63) is 59.9 Å². The normalized spacial score (nSPS) is 13.7. The number of carbonyl (C=O) groups is 1. The minimum absolute atomic E-state index is 0.313. The lowest BCUT2D eigenvalue weighted by Gasteiger charge is -2.29. The Morgan fingerprint density at radius 1 is 1.12 bits per heavy atom. The molecular formula is C18H21FN2O4S. The highest BCUT2D eigenvalue weighted by Gasteiger charge is 2.38. The van der Waals surface area contributed by atoms with Gasteiger partial charge >= 0.3 is 0 Å². The number of sulfonamides is 1. The van der Waals surface area contributed by atoms with Crippen LogP contribution in [0.5, 0.6) is 5.75 Å². The zero-order chi connectivity index (χ0) is 19.4. The molecule has 0 spiro atoms. The smallest absolute Gasteiger partial charge is 0.249 e. The van der Waals surface area contributed by atoms with Crippen molar-refractivity contribution in [1.82, 2.24) is 4.72 Å². The summed E-state index contributed by atoms with van der Waals surface area (Å²) in [5.74, 6) is -0.429. The van der Waals surface area contributed by atoms with Crippen LogP contribution < -0.4 is 14.8 Å². The van der Waals surface area contributed by atoms with Crippen molar-refractivity contribution >= 4 is 21.6 Å². The third-order valence-electron chi connectivity index (χ3n) is 3.69. The molecule has 2 N–H and O–H groups in total. The van der Waals surface area contributed by atoms with Gasteiger partial charge in [-0.15, -0.1) is 0 Å². The first-order valence-electron chi connectivity index (χ1n) is 7.93. The van der Waals surface area contributed by atoms with Gasteiger partial charge in [0, 0.05) is 5.69 Å². The number of carbonyl (C=O) groups excluding carboxylic acids is 1. The second kappa shape index (κ2) is 7.84. The highest BCUT2D eigenvalue weighted by molar-refractivity contribution is 7.88. The van der Waals surface area contributed by atoms with Crippen LogP contribution in [0.25, 0.3) is 0 Å². The van der Waals surface area contributed by atoms with Crippen LogP contribution in [0, 0.1) is 5.82 Å². The SMILES string of the molecule is CCOc1ccc(NC(=O)C(C)(NS(C)(=O)=O)c2ccc(F)cc2)cc1. The Hall–Kier alpha value is -2.45. The fraction of sp³-hybridized carbons (Fsp3) is 0.278. The summed E-state index contributed by atoms with van der Waals surface area (Å²) in [6, 6.07) is 11.7. The molecule has 8 heteroatoms. The van der Waals surface area contributed by atoms with Gasteiger partial charge in [0.1, 0.15) is 17.1 Å². The first-order valence-corrected chi connectivity index (χ1v) is 9.82. The predicted molar refractivity (Wildman–Crippen MR) is 98.0 cm³/mol. The molecule has 0 aliphatic carbocycles. The molecule has 0 saturated heterocycles. The zero-order valence-electron chi connectivity index (χ0n) is 14.7. The molecule has 26 heavy (non-hydrogen) atoms. The zero-order valence-corrected chi connectivity index (χ0v) is 15.6. The van der Waals surface area contributed by atoms with E-state index in [4.69, 9.17) is 4.74 Å². The summed E-state index contributed by atoms with van der Waals surface area (Å²) in [5.41, 5.74) is -0.824. The minimum atomic E-state index is -3.72. The monoisotopic (exact) mass is 380 g/mol. The molecule has 2 aromatic rings. The van der Waals surface area contributed by atoms with E-state index < -0.39 is 27.3 Å². The van der Waals surface area contributed by atoms with E-state index in [1.165, 1.54) is 31.2 Å². The quantitative estimate of drug-likeness (QED) is 0.773. The Bertz CT molecular complexity index is 867. The van der Waals surface area contributed by atoms with E-state index >= 15 is 0 Å². The van der Waals surface area contributed by atoms with Crippen LogP contribution in [0.2, 0.25) is 0 Å². The molecule has 0 aliphatic rings. The topological polar surface area (TPSA) is 84.5 Å². The number of amides is 1. The second-order valence-corrected chi connectivity index (χ2v) is 7.67. The third kappa shape index (κ3) is 5.03. The van der Waals surface area contributed by atoms with E-state index in [0.717, 1.165) is 6.26 Å². The Morgan fingerprint density at radius 2 is 1.69 bits per heavy atom. The summed E-state index contributed by atoms with van der Waals surface area (Å²) < 4.78 is 44.4. The first-order chi connectivity index (χ1) is 12.1. The number of nitrogens with one attached hydrogen (secondary N) is 2. The van der Waals surface area contributed by atoms with Gasteiger partial charge in [-0.05, 0) is 55.8 Å². The van der Waals surface area contributed by atoms with Crippen molar-refractivity contribution in [2.24, 2.45) is 0 Å². The molecule has 0 saturated carbocycles. The standard InChI is InChI=1S/C18H21FN2O4S/c1-4-25-16-11-9-15(10-12-16)20-17(22)18(2,21-26(3,23)24)13-5-7-14(19)8-6-13/h5-12,21H,4H2,1-3H3,(H,20,22). The summed E-state index contributed by atoms with van der Waals surface area (Å²) >= 11 is 0. The number of hydrogen-bond acceptors (Lipinski definition) is 4. The Labute approximate surface area is 152 Å². The Morgan fingerprint density at radius 3 is 2.19 bits per heavy atom. The van der Waals surface area contributed by atoms with Gasteiger partial charge in [-0.1, -0.05) is 12.1 Å². The number of benzene rings is 2. The summed E-state index contributed by atoms with van der Waals surface area (Å²) in [5, 5.41) is 2.67. The van der Waals surface area contributed by atoms with Crippen molar-refractivity contribution in [2.75, 3.05) is 18.2 Å². The van der Waals surface area contributed by atoms with Crippen molar-refractivity contribution in [3.8, 4) is 5.75 Å². The molecule has 0 radical (unpaired) electrons. The second-order valence-electron chi connectivity index (χ2n) is 5.92. The van der Waals surface area contributed by atoms with Crippen LogP contribution in [-0.4, -0.2) is 27.2 Å². The average Bonchev–Trinajstić information content (AvgIpc) is 2.55. The lowest BCUT2D eigenvalue weighted by Crippen LogP contribution is -2.51. The van der Waals surface area contributed by atoms with Gasteiger partial charge in [-0.25, -0.2) is 12.8 Å². The molecule has 0 bridgehead atoms. The van der Waals surface area contributed by atoms with Crippen LogP contribution in [0.15, 0.2) is 48.5 Å². The summed E-state index contributed by atoms with van der Waals surface area (Å²) in [6.07, 6.45) is 0.957. The maximum Gasteiger partial charge on any atom is 0.249 e. The van der Waals surface area contributed by atoms with Crippen molar-refractivity contribution in [2.45, 2.75) is 19.4 Å². The van der Waals surface area contributed by atoms with E-state index in [1.807, 2.05) is 6.92 Å². The fourth-order valence-electron chi connectivity index (χ4n) is 2.45. The van der Waals surface area contributed by atoms with E-state index in [-0.39, 0.29) is 0 Å². The van der Waals surface area contributed by atoms with Crippen LogP contribution in [0.1, 0.15) is 19.4 Å². The van der Waals surface area contributed by atoms with Gasteiger partial charge < -0.3 is 10.1 Å². The fourth-order valence-corrected chi connectivity index (χ4v) is 3.40. The van der Waals surface area contributed by atoms with E-state index in [1.54, 1.807) is 24.3 Å². The Kier molecular flexibility index (Phi) is 5.99. The highest BCUT2D eigenvalue weighted by atomic mass is 32.2. The van der Waals surface area contributed by atoms with E-state index in [2.05, 4.69) is 10.0 Å². The number of ether oxygens (including phenoxy) is 1. The maximum atomic E-state index is 13.2. The van der Waals surface area contributed by atoms with Crippen molar-refractivity contribution in [1.29, 1.82) is 0 Å². The molecule has 0 aromatic heterocycles.